The third-order valence-corrected chi connectivity index (χ3v) is 4.23. The van der Waals surface area contributed by atoms with Crippen LogP contribution in [0.2, 0.25) is 0 Å². The third-order valence-electron chi connectivity index (χ3n) is 0.579. The van der Waals surface area contributed by atoms with Crippen molar-refractivity contribution in [3.8, 4) is 0 Å². The normalized spacial score (nSPS) is 13.8. The maximum Gasteiger partial charge on any atom is 0.327 e. The van der Waals surface area contributed by atoms with E-state index in [4.69, 9.17) is 0 Å². The fraction of sp³-hybridized carbons (Fsp3) is 1.00. The molecule has 0 bridgehead atoms. The lowest BCUT2D eigenvalue weighted by Crippen LogP contribution is -2.39. The quantitative estimate of drug-likeness (QED) is 0.528. The number of rotatable bonds is 3. The van der Waals surface area contributed by atoms with Crippen LogP contribution in [0, 0.1) is 0 Å². The standard InChI is InChI=1S/CH4Cl2N2O4S2/c1-4-5(10(2,6)7)11(3,8)9/h4H,1H3. The molecule has 0 saturated carbocycles. The van der Waals surface area contributed by atoms with Gasteiger partial charge < -0.3 is 0 Å². The third kappa shape index (κ3) is 3.54. The predicted octanol–water partition coefficient (Wildman–Crippen LogP) is -0.610. The smallest absolute Gasteiger partial charge is 0.228 e. The highest BCUT2D eigenvalue weighted by Gasteiger charge is 2.29. The van der Waals surface area contributed by atoms with E-state index in [0.29, 0.717) is 0 Å². The molecule has 0 radical (unpaired) electrons. The van der Waals surface area contributed by atoms with Crippen molar-refractivity contribution >= 4 is 39.8 Å². The summed E-state index contributed by atoms with van der Waals surface area (Å²) in [4.78, 5) is 0. The molecule has 0 fully saturated rings. The SMILES string of the molecule is CNN(S(=O)(=O)Cl)S(=O)(=O)Cl. The number of hydrazine groups is 1. The second-order valence-corrected chi connectivity index (χ2v) is 6.25. The number of hydrogen-bond donors (Lipinski definition) is 1. The summed E-state index contributed by atoms with van der Waals surface area (Å²) in [5.74, 6) is 0. The summed E-state index contributed by atoms with van der Waals surface area (Å²) in [5, 5.41) is 0. The van der Waals surface area contributed by atoms with Gasteiger partial charge in [-0.15, -0.1) is 0 Å². The summed E-state index contributed by atoms with van der Waals surface area (Å²) in [7, 11) is 1.56. The highest BCUT2D eigenvalue weighted by molar-refractivity contribution is 8.24. The number of nitrogens with one attached hydrogen (secondary N) is 1. The topological polar surface area (TPSA) is 83.6 Å². The van der Waals surface area contributed by atoms with Crippen molar-refractivity contribution in [2.75, 3.05) is 7.05 Å². The van der Waals surface area contributed by atoms with Crippen LogP contribution in [-0.4, -0.2) is 27.7 Å². The monoisotopic (exact) mass is 242 g/mol. The van der Waals surface area contributed by atoms with Gasteiger partial charge in [-0.1, -0.05) is 0 Å². The van der Waals surface area contributed by atoms with Gasteiger partial charge in [-0.05, 0) is 0 Å². The summed E-state index contributed by atoms with van der Waals surface area (Å²) in [6.07, 6.45) is 0. The van der Waals surface area contributed by atoms with Gasteiger partial charge in [0, 0.05) is 32.2 Å². The van der Waals surface area contributed by atoms with Crippen LogP contribution in [0.25, 0.3) is 0 Å². The molecule has 0 amide bonds. The molecule has 0 atom stereocenters. The average molecular weight is 243 g/mol. The van der Waals surface area contributed by atoms with E-state index in [1.807, 2.05) is 0 Å². The second kappa shape index (κ2) is 3.42. The van der Waals surface area contributed by atoms with Gasteiger partial charge in [0.2, 0.25) is 0 Å². The molecule has 0 aliphatic carbocycles. The Morgan fingerprint density at radius 2 is 1.36 bits per heavy atom. The molecule has 10 heteroatoms. The minimum absolute atomic E-state index is 0.275. The molecule has 68 valence electrons. The van der Waals surface area contributed by atoms with E-state index < -0.39 is 18.5 Å². The molecule has 0 spiro atoms. The second-order valence-electron chi connectivity index (χ2n) is 1.30. The van der Waals surface area contributed by atoms with Crippen LogP contribution in [-0.2, 0) is 18.5 Å². The molecule has 0 aliphatic rings. The van der Waals surface area contributed by atoms with E-state index in [2.05, 4.69) is 21.4 Å². The Labute approximate surface area is 73.2 Å². The summed E-state index contributed by atoms with van der Waals surface area (Å²) in [6, 6.07) is 0. The van der Waals surface area contributed by atoms with Gasteiger partial charge in [0.25, 0.3) is 0 Å². The maximum absolute atomic E-state index is 10.4. The van der Waals surface area contributed by atoms with Crippen LogP contribution >= 0.6 is 21.4 Å². The van der Waals surface area contributed by atoms with Crippen molar-refractivity contribution in [3.05, 3.63) is 0 Å². The van der Waals surface area contributed by atoms with Crippen molar-refractivity contribution in [3.63, 3.8) is 0 Å². The van der Waals surface area contributed by atoms with Crippen LogP contribution < -0.4 is 5.43 Å². The zero-order valence-corrected chi connectivity index (χ0v) is 8.30. The van der Waals surface area contributed by atoms with Crippen LogP contribution in [0.5, 0.6) is 0 Å². The highest BCUT2D eigenvalue weighted by Crippen LogP contribution is 2.11. The lowest BCUT2D eigenvalue weighted by Gasteiger charge is -2.10. The molecule has 0 aromatic rings. The zero-order valence-electron chi connectivity index (χ0n) is 5.15. The first kappa shape index (κ1) is 11.4. The molecule has 0 heterocycles. The first-order valence-corrected chi connectivity index (χ1v) is 6.60. The molecule has 0 aromatic heterocycles. The highest BCUT2D eigenvalue weighted by atomic mass is 35.7. The lowest BCUT2D eigenvalue weighted by molar-refractivity contribution is 0.472. The predicted molar refractivity (Wildman–Crippen MR) is 40.4 cm³/mol. The molecule has 0 aromatic carbocycles. The van der Waals surface area contributed by atoms with Crippen molar-refractivity contribution in [2.24, 2.45) is 0 Å². The van der Waals surface area contributed by atoms with E-state index >= 15 is 0 Å². The Balaban J connectivity index is 5.05. The summed E-state index contributed by atoms with van der Waals surface area (Å²) >= 11 is 0. The van der Waals surface area contributed by atoms with Crippen molar-refractivity contribution in [1.29, 1.82) is 0 Å². The molecule has 6 nitrogen and oxygen atoms in total. The minimum Gasteiger partial charge on any atom is -0.228 e. The van der Waals surface area contributed by atoms with Crippen LogP contribution in [0.15, 0.2) is 0 Å². The fourth-order valence-electron chi connectivity index (χ4n) is 0.324. The molecule has 0 aliphatic heterocycles. The van der Waals surface area contributed by atoms with E-state index in [-0.39, 0.29) is 3.82 Å². The van der Waals surface area contributed by atoms with Crippen molar-refractivity contribution in [2.45, 2.75) is 0 Å². The number of nitrogens with zero attached hydrogens (tertiary/aromatic N) is 1. The average Bonchev–Trinajstić information content (AvgIpc) is 1.56. The fourth-order valence-corrected chi connectivity index (χ4v) is 3.62. The Morgan fingerprint density at radius 1 is 1.09 bits per heavy atom. The van der Waals surface area contributed by atoms with E-state index in [0.717, 1.165) is 7.05 Å². The van der Waals surface area contributed by atoms with Crippen LogP contribution in [0.1, 0.15) is 0 Å². The molecule has 0 rings (SSSR count). The van der Waals surface area contributed by atoms with Crippen LogP contribution in [0.3, 0.4) is 0 Å². The van der Waals surface area contributed by atoms with Crippen LogP contribution in [0.4, 0.5) is 0 Å². The van der Waals surface area contributed by atoms with Gasteiger partial charge in [-0.2, -0.15) is 16.8 Å². The van der Waals surface area contributed by atoms with E-state index in [9.17, 15) is 16.8 Å². The lowest BCUT2D eigenvalue weighted by atomic mass is 11.5. The van der Waals surface area contributed by atoms with Gasteiger partial charge in [0.1, 0.15) is 0 Å². The molecule has 1 N–H and O–H groups in total. The number of halogens is 2. The van der Waals surface area contributed by atoms with Gasteiger partial charge in [0.05, 0.1) is 0 Å². The molecule has 11 heavy (non-hydrogen) atoms. The zero-order chi connectivity index (χ0) is 9.28. The number of hydrogen-bond acceptors (Lipinski definition) is 5. The van der Waals surface area contributed by atoms with Gasteiger partial charge in [-0.3, -0.25) is 0 Å². The maximum atomic E-state index is 10.4. The Morgan fingerprint density at radius 3 is 1.36 bits per heavy atom. The molecule has 0 saturated heterocycles. The Kier molecular flexibility index (Phi) is 3.54. The van der Waals surface area contributed by atoms with Crippen molar-refractivity contribution < 1.29 is 16.8 Å². The van der Waals surface area contributed by atoms with Gasteiger partial charge in [0.15, 0.2) is 0 Å². The first-order chi connectivity index (χ1) is 4.69. The summed E-state index contributed by atoms with van der Waals surface area (Å²) < 4.78 is 41.2. The molecular formula is CH4Cl2N2O4S2. The minimum atomic E-state index is -4.40. The summed E-state index contributed by atoms with van der Waals surface area (Å²) in [6.45, 7) is 0. The largest absolute Gasteiger partial charge is 0.327 e. The van der Waals surface area contributed by atoms with Gasteiger partial charge >= 0.3 is 18.5 Å². The molecule has 0 unspecified atom stereocenters. The first-order valence-electron chi connectivity index (χ1n) is 2.06. The van der Waals surface area contributed by atoms with Gasteiger partial charge in [-0.25, -0.2) is 5.43 Å². The Hall–Kier alpha value is 0.400. The summed E-state index contributed by atoms with van der Waals surface area (Å²) in [5.41, 5.74) is 1.78. The van der Waals surface area contributed by atoms with Crippen molar-refractivity contribution in [1.82, 2.24) is 9.25 Å². The van der Waals surface area contributed by atoms with E-state index in [1.54, 1.807) is 5.43 Å². The Bertz CT molecular complexity index is 286. The molecular weight excluding hydrogens is 239 g/mol. The van der Waals surface area contributed by atoms with E-state index in [1.165, 1.54) is 0 Å².